The number of para-hydroxylation sites is 1. The van der Waals surface area contributed by atoms with Gasteiger partial charge in [-0.3, -0.25) is 4.79 Å². The van der Waals surface area contributed by atoms with E-state index in [1.165, 1.54) is 0 Å². The Labute approximate surface area is 238 Å². The fourth-order valence-corrected chi connectivity index (χ4v) is 4.46. The minimum atomic E-state index is -0.270. The molecule has 0 aliphatic carbocycles. The van der Waals surface area contributed by atoms with Gasteiger partial charge in [0.15, 0.2) is 0 Å². The molecule has 0 radical (unpaired) electrons. The number of rotatable bonds is 11. The summed E-state index contributed by atoms with van der Waals surface area (Å²) in [6.07, 6.45) is 0. The van der Waals surface area contributed by atoms with Gasteiger partial charge in [0.05, 0.1) is 18.3 Å². The van der Waals surface area contributed by atoms with Crippen LogP contribution in [0.5, 0.6) is 5.75 Å². The largest absolute Gasteiger partial charge is 0.497 e. The number of anilines is 3. The molecule has 0 aliphatic rings. The Morgan fingerprint density at radius 1 is 0.829 bits per heavy atom. The van der Waals surface area contributed by atoms with Gasteiger partial charge < -0.3 is 31.0 Å². The summed E-state index contributed by atoms with van der Waals surface area (Å²) in [7, 11) is 1.63. The van der Waals surface area contributed by atoms with E-state index in [1.807, 2.05) is 82.3 Å². The Bertz CT molecular complexity index is 1630. The predicted molar refractivity (Wildman–Crippen MR) is 164 cm³/mol. The van der Waals surface area contributed by atoms with E-state index in [0.29, 0.717) is 42.3 Å². The van der Waals surface area contributed by atoms with Crippen LogP contribution in [0.4, 0.5) is 17.8 Å². The van der Waals surface area contributed by atoms with Gasteiger partial charge in [-0.2, -0.15) is 15.0 Å². The number of hydrogen-bond donors (Lipinski definition) is 5. The van der Waals surface area contributed by atoms with E-state index in [0.717, 1.165) is 33.1 Å². The molecule has 2 aromatic carbocycles. The molecule has 5 rings (SSSR count). The first-order valence-electron chi connectivity index (χ1n) is 13.7. The average molecular weight is 554 g/mol. The summed E-state index contributed by atoms with van der Waals surface area (Å²) in [6, 6.07) is 17.8. The summed E-state index contributed by atoms with van der Waals surface area (Å²) in [5.41, 5.74) is 3.77. The van der Waals surface area contributed by atoms with Gasteiger partial charge in [-0.15, -0.1) is 0 Å². The zero-order valence-corrected chi connectivity index (χ0v) is 23.9. The molecule has 0 aliphatic heterocycles. The molecule has 0 saturated heterocycles. The maximum atomic E-state index is 13.3. The van der Waals surface area contributed by atoms with Crippen molar-refractivity contribution >= 4 is 45.6 Å². The summed E-state index contributed by atoms with van der Waals surface area (Å²) < 4.78 is 5.32. The van der Waals surface area contributed by atoms with Gasteiger partial charge in [0, 0.05) is 47.0 Å². The highest BCUT2D eigenvalue weighted by Gasteiger charge is 2.17. The topological polar surface area (TPSA) is 142 Å². The summed E-state index contributed by atoms with van der Waals surface area (Å²) in [6.45, 7) is 8.83. The van der Waals surface area contributed by atoms with Crippen LogP contribution in [0.15, 0.2) is 54.6 Å². The molecular weight excluding hydrogens is 518 g/mol. The molecule has 5 N–H and O–H groups in total. The number of pyridine rings is 1. The van der Waals surface area contributed by atoms with Gasteiger partial charge in [0.25, 0.3) is 5.91 Å². The summed E-state index contributed by atoms with van der Waals surface area (Å²) in [4.78, 5) is 34.9. The molecule has 0 spiro atoms. The number of carbonyl (C=O) groups excluding carboxylic acids is 1. The van der Waals surface area contributed by atoms with Gasteiger partial charge in [-0.05, 0) is 64.1 Å². The number of hydrogen-bond acceptors (Lipinski definition) is 9. The van der Waals surface area contributed by atoms with Gasteiger partial charge in [0.2, 0.25) is 17.8 Å². The fourth-order valence-electron chi connectivity index (χ4n) is 4.46. The molecule has 3 aromatic heterocycles. The van der Waals surface area contributed by atoms with Crippen molar-refractivity contribution in [2.45, 2.75) is 39.8 Å². The monoisotopic (exact) mass is 553 g/mol. The number of fused-ring (bicyclic) bond motifs is 3. The number of ether oxygens (including phenoxy) is 1. The number of aromatic nitrogens is 5. The van der Waals surface area contributed by atoms with Crippen molar-refractivity contribution in [3.05, 3.63) is 60.3 Å². The molecule has 0 unspecified atom stereocenters. The molecule has 0 atom stereocenters. The third-order valence-electron chi connectivity index (χ3n) is 6.26. The first-order valence-corrected chi connectivity index (χ1v) is 13.7. The molecule has 41 heavy (non-hydrogen) atoms. The minimum absolute atomic E-state index is 0.168. The molecule has 11 heteroatoms. The van der Waals surface area contributed by atoms with Crippen molar-refractivity contribution in [2.24, 2.45) is 0 Å². The molecule has 212 valence electrons. The van der Waals surface area contributed by atoms with Gasteiger partial charge in [-0.1, -0.05) is 18.2 Å². The van der Waals surface area contributed by atoms with Crippen LogP contribution in [-0.2, 0) is 0 Å². The lowest BCUT2D eigenvalue weighted by Crippen LogP contribution is -2.30. The third-order valence-corrected chi connectivity index (χ3v) is 6.26. The van der Waals surface area contributed by atoms with E-state index in [2.05, 4.69) is 41.2 Å². The number of nitrogens with zero attached hydrogens (tertiary/aromatic N) is 4. The van der Waals surface area contributed by atoms with Crippen molar-refractivity contribution in [1.29, 1.82) is 0 Å². The number of nitrogens with one attached hydrogen (secondary N) is 5. The van der Waals surface area contributed by atoms with E-state index in [1.54, 1.807) is 7.11 Å². The second-order valence-corrected chi connectivity index (χ2v) is 10.3. The van der Waals surface area contributed by atoms with Crippen molar-refractivity contribution in [1.82, 2.24) is 30.2 Å². The van der Waals surface area contributed by atoms with E-state index >= 15 is 0 Å². The van der Waals surface area contributed by atoms with E-state index in [9.17, 15) is 4.79 Å². The van der Waals surface area contributed by atoms with E-state index < -0.39 is 0 Å². The summed E-state index contributed by atoms with van der Waals surface area (Å²) >= 11 is 0. The van der Waals surface area contributed by atoms with Crippen LogP contribution in [0.3, 0.4) is 0 Å². The number of aromatic amines is 1. The quantitative estimate of drug-likeness (QED) is 0.142. The standard InChI is InChI=1S/C30H35N9O2/c1-17(2)33-29-37-28(38-30(39-29)34-18(3)4)32-15-14-31-27(40)24-16-22-21-8-6-7-9-23(21)35-26(22)25(36-24)19-10-12-20(41-5)13-11-19/h6-13,16-18,35H,14-15H2,1-5H3,(H,31,40)(H3,32,33,34,37,38,39). The molecule has 0 bridgehead atoms. The molecule has 0 fully saturated rings. The Hall–Kier alpha value is -4.93. The second-order valence-electron chi connectivity index (χ2n) is 10.3. The first-order chi connectivity index (χ1) is 19.8. The third kappa shape index (κ3) is 6.46. The summed E-state index contributed by atoms with van der Waals surface area (Å²) in [5.74, 6) is 1.86. The zero-order chi connectivity index (χ0) is 28.9. The number of amides is 1. The average Bonchev–Trinajstić information content (AvgIpc) is 3.33. The van der Waals surface area contributed by atoms with Crippen LogP contribution >= 0.6 is 0 Å². The lowest BCUT2D eigenvalue weighted by Gasteiger charge is -2.14. The molecule has 5 aromatic rings. The van der Waals surface area contributed by atoms with Gasteiger partial charge in [-0.25, -0.2) is 4.98 Å². The smallest absolute Gasteiger partial charge is 0.269 e. The van der Waals surface area contributed by atoms with Crippen LogP contribution in [0.1, 0.15) is 38.2 Å². The highest BCUT2D eigenvalue weighted by molar-refractivity contribution is 6.13. The Balaban J connectivity index is 1.35. The van der Waals surface area contributed by atoms with Gasteiger partial charge in [0.1, 0.15) is 11.4 Å². The maximum Gasteiger partial charge on any atom is 0.269 e. The van der Waals surface area contributed by atoms with Crippen LogP contribution in [0, 0.1) is 0 Å². The van der Waals surface area contributed by atoms with Crippen molar-refractivity contribution in [2.75, 3.05) is 36.1 Å². The highest BCUT2D eigenvalue weighted by atomic mass is 16.5. The summed E-state index contributed by atoms with van der Waals surface area (Å²) in [5, 5.41) is 14.5. The van der Waals surface area contributed by atoms with Gasteiger partial charge >= 0.3 is 0 Å². The van der Waals surface area contributed by atoms with Crippen LogP contribution in [0.25, 0.3) is 33.1 Å². The predicted octanol–water partition coefficient (Wildman–Crippen LogP) is 5.06. The Morgan fingerprint density at radius 3 is 2.15 bits per heavy atom. The minimum Gasteiger partial charge on any atom is -0.497 e. The van der Waals surface area contributed by atoms with Crippen molar-refractivity contribution in [3.63, 3.8) is 0 Å². The molecule has 11 nitrogen and oxygen atoms in total. The number of benzene rings is 2. The maximum absolute atomic E-state index is 13.3. The lowest BCUT2D eigenvalue weighted by atomic mass is 10.1. The van der Waals surface area contributed by atoms with Crippen molar-refractivity contribution < 1.29 is 9.53 Å². The van der Waals surface area contributed by atoms with Crippen LogP contribution in [0.2, 0.25) is 0 Å². The number of H-pyrrole nitrogens is 1. The molecule has 3 heterocycles. The SMILES string of the molecule is COc1ccc(-c2nc(C(=O)NCCNc3nc(NC(C)C)nc(NC(C)C)n3)cc3c2[nH]c2ccccc23)cc1. The molecule has 1 amide bonds. The van der Waals surface area contributed by atoms with Crippen molar-refractivity contribution in [3.8, 4) is 17.0 Å². The number of methoxy groups -OCH3 is 1. The Kier molecular flexibility index (Phi) is 8.14. The Morgan fingerprint density at radius 2 is 1.49 bits per heavy atom. The first kappa shape index (κ1) is 27.6. The molecular formula is C30H35N9O2. The van der Waals surface area contributed by atoms with E-state index in [-0.39, 0.29) is 18.0 Å². The second kappa shape index (κ2) is 12.1. The lowest BCUT2D eigenvalue weighted by molar-refractivity contribution is 0.0950. The zero-order valence-electron chi connectivity index (χ0n) is 23.9. The van der Waals surface area contributed by atoms with E-state index in [4.69, 9.17) is 9.72 Å². The molecule has 0 saturated carbocycles. The highest BCUT2D eigenvalue weighted by Crippen LogP contribution is 2.33. The van der Waals surface area contributed by atoms with Crippen LogP contribution in [-0.4, -0.2) is 63.1 Å². The normalized spacial score (nSPS) is 11.3. The fraction of sp³-hybridized carbons (Fsp3) is 0.300. The number of carbonyl (C=O) groups is 1. The van der Waals surface area contributed by atoms with Crippen LogP contribution < -0.4 is 26.0 Å².